The van der Waals surface area contributed by atoms with E-state index in [-0.39, 0.29) is 0 Å². The molecule has 0 amide bonds. The highest BCUT2D eigenvalue weighted by molar-refractivity contribution is 5.80. The first-order valence-corrected chi connectivity index (χ1v) is 4.71. The Labute approximate surface area is 78.8 Å². The van der Waals surface area contributed by atoms with E-state index in [1.165, 1.54) is 5.70 Å². The number of hydrazone groups is 1. The third-order valence-corrected chi connectivity index (χ3v) is 2.58. The minimum Gasteiger partial charge on any atom is -0.291 e. The Bertz CT molecular complexity index is 289. The van der Waals surface area contributed by atoms with Crippen LogP contribution < -0.4 is 0 Å². The molecule has 0 saturated carbocycles. The molecule has 0 N–H and O–H groups in total. The van der Waals surface area contributed by atoms with Crippen molar-refractivity contribution in [3.8, 4) is 0 Å². The van der Waals surface area contributed by atoms with Crippen molar-refractivity contribution in [3.05, 3.63) is 11.8 Å². The quantitative estimate of drug-likeness (QED) is 0.597. The van der Waals surface area contributed by atoms with Crippen molar-refractivity contribution in [2.75, 3.05) is 7.05 Å². The normalized spacial score (nSPS) is 31.1. The van der Waals surface area contributed by atoms with Gasteiger partial charge in [-0.05, 0) is 5.92 Å². The van der Waals surface area contributed by atoms with Crippen molar-refractivity contribution >= 4 is 12.4 Å². The molecule has 13 heavy (non-hydrogen) atoms. The molecule has 2 heterocycles. The molecule has 0 aromatic rings. The van der Waals surface area contributed by atoms with Crippen molar-refractivity contribution in [2.45, 2.75) is 19.9 Å². The lowest BCUT2D eigenvalue weighted by Gasteiger charge is -2.23. The van der Waals surface area contributed by atoms with E-state index in [1.54, 1.807) is 0 Å². The predicted molar refractivity (Wildman–Crippen MR) is 54.9 cm³/mol. The maximum absolute atomic E-state index is 4.44. The van der Waals surface area contributed by atoms with E-state index >= 15 is 0 Å². The Morgan fingerprint density at radius 2 is 2.15 bits per heavy atom. The summed E-state index contributed by atoms with van der Waals surface area (Å²) >= 11 is 0. The maximum atomic E-state index is 4.44. The third kappa shape index (κ3) is 1.39. The summed E-state index contributed by atoms with van der Waals surface area (Å²) in [6.07, 6.45) is 6.23. The van der Waals surface area contributed by atoms with E-state index in [2.05, 4.69) is 30.0 Å². The molecular weight excluding hydrogens is 162 g/mol. The number of hydrogen-bond donors (Lipinski definition) is 0. The van der Waals surface area contributed by atoms with Gasteiger partial charge < -0.3 is 0 Å². The van der Waals surface area contributed by atoms with Crippen LogP contribution in [0.15, 0.2) is 21.9 Å². The van der Waals surface area contributed by atoms with E-state index in [4.69, 9.17) is 0 Å². The maximum Gasteiger partial charge on any atom is 0.0931 e. The molecule has 3 heteroatoms. The predicted octanol–water partition coefficient (Wildman–Crippen LogP) is 1.53. The lowest BCUT2D eigenvalue weighted by atomic mass is 9.96. The fourth-order valence-electron chi connectivity index (χ4n) is 1.68. The van der Waals surface area contributed by atoms with E-state index in [0.29, 0.717) is 17.9 Å². The molecule has 2 rings (SSSR count). The highest BCUT2D eigenvalue weighted by Crippen LogP contribution is 2.24. The molecule has 0 saturated heterocycles. The molecule has 0 aliphatic carbocycles. The van der Waals surface area contributed by atoms with Crippen LogP contribution in [0.4, 0.5) is 0 Å². The van der Waals surface area contributed by atoms with Crippen LogP contribution in [0.5, 0.6) is 0 Å². The first kappa shape index (κ1) is 8.48. The molecule has 0 bridgehead atoms. The number of nitrogens with zero attached hydrogens (tertiary/aromatic N) is 3. The van der Waals surface area contributed by atoms with E-state index < -0.39 is 0 Å². The van der Waals surface area contributed by atoms with Gasteiger partial charge in [0, 0.05) is 31.1 Å². The zero-order chi connectivity index (χ0) is 9.42. The standard InChI is InChI=1S/C10H15N3/c1-7(2)9-4-8-5-12-13(3)10(8)6-11-9/h4-8,10H,1-3H3. The van der Waals surface area contributed by atoms with Crippen LogP contribution in [0.25, 0.3) is 0 Å². The van der Waals surface area contributed by atoms with Gasteiger partial charge in [-0.2, -0.15) is 5.10 Å². The van der Waals surface area contributed by atoms with Gasteiger partial charge >= 0.3 is 0 Å². The second-order valence-electron chi connectivity index (χ2n) is 3.93. The smallest absolute Gasteiger partial charge is 0.0931 e. The van der Waals surface area contributed by atoms with Gasteiger partial charge in [0.15, 0.2) is 0 Å². The van der Waals surface area contributed by atoms with Crippen molar-refractivity contribution in [1.82, 2.24) is 5.01 Å². The molecule has 3 nitrogen and oxygen atoms in total. The van der Waals surface area contributed by atoms with Gasteiger partial charge in [0.2, 0.25) is 0 Å². The first-order chi connectivity index (χ1) is 6.18. The van der Waals surface area contributed by atoms with Gasteiger partial charge in [-0.3, -0.25) is 10.0 Å². The lowest BCUT2D eigenvalue weighted by molar-refractivity contribution is 0.327. The second-order valence-corrected chi connectivity index (χ2v) is 3.93. The zero-order valence-corrected chi connectivity index (χ0v) is 8.31. The zero-order valence-electron chi connectivity index (χ0n) is 8.31. The number of fused-ring (bicyclic) bond motifs is 1. The monoisotopic (exact) mass is 177 g/mol. The van der Waals surface area contributed by atoms with Crippen molar-refractivity contribution in [3.63, 3.8) is 0 Å². The van der Waals surface area contributed by atoms with Crippen molar-refractivity contribution in [1.29, 1.82) is 0 Å². The number of allylic oxidation sites excluding steroid dienone is 1. The topological polar surface area (TPSA) is 28.0 Å². The summed E-state index contributed by atoms with van der Waals surface area (Å²) in [6, 6.07) is 0.350. The van der Waals surface area contributed by atoms with E-state index in [1.807, 2.05) is 24.5 Å². The average Bonchev–Trinajstić information content (AvgIpc) is 2.47. The van der Waals surface area contributed by atoms with Crippen LogP contribution in [0.3, 0.4) is 0 Å². The first-order valence-electron chi connectivity index (χ1n) is 4.71. The van der Waals surface area contributed by atoms with Gasteiger partial charge in [-0.25, -0.2) is 0 Å². The summed E-state index contributed by atoms with van der Waals surface area (Å²) in [7, 11) is 1.99. The summed E-state index contributed by atoms with van der Waals surface area (Å²) in [5.41, 5.74) is 1.18. The Morgan fingerprint density at radius 3 is 2.85 bits per heavy atom. The Hall–Kier alpha value is -1.12. The molecule has 0 aromatic heterocycles. The minimum atomic E-state index is 0.350. The van der Waals surface area contributed by atoms with Crippen molar-refractivity contribution in [2.24, 2.45) is 21.9 Å². The summed E-state index contributed by atoms with van der Waals surface area (Å²) in [5.74, 6) is 0.941. The molecule has 2 atom stereocenters. The SMILES string of the molecule is CC(C)C1=CC2C=NN(C)C2C=N1. The number of rotatable bonds is 1. The molecule has 0 fully saturated rings. The fraction of sp³-hybridized carbons (Fsp3) is 0.600. The van der Waals surface area contributed by atoms with E-state index in [0.717, 1.165) is 0 Å². The average molecular weight is 177 g/mol. The second kappa shape index (κ2) is 2.98. The minimum absolute atomic E-state index is 0.350. The largest absolute Gasteiger partial charge is 0.291 e. The summed E-state index contributed by atoms with van der Waals surface area (Å²) < 4.78 is 0. The number of aliphatic imine (C=N–C) groups is 1. The van der Waals surface area contributed by atoms with Crippen LogP contribution in [-0.4, -0.2) is 30.5 Å². The molecule has 2 aliphatic rings. The molecule has 0 radical (unpaired) electrons. The van der Waals surface area contributed by atoms with Gasteiger partial charge in [0.25, 0.3) is 0 Å². The third-order valence-electron chi connectivity index (χ3n) is 2.58. The summed E-state index contributed by atoms with van der Waals surface area (Å²) in [4.78, 5) is 4.44. The van der Waals surface area contributed by atoms with Crippen LogP contribution in [-0.2, 0) is 0 Å². The molecule has 70 valence electrons. The van der Waals surface area contributed by atoms with Gasteiger partial charge in [-0.1, -0.05) is 19.9 Å². The van der Waals surface area contributed by atoms with Gasteiger partial charge in [0.1, 0.15) is 0 Å². The van der Waals surface area contributed by atoms with E-state index in [9.17, 15) is 0 Å². The van der Waals surface area contributed by atoms with Crippen molar-refractivity contribution < 1.29 is 0 Å². The highest BCUT2D eigenvalue weighted by atomic mass is 15.5. The van der Waals surface area contributed by atoms with Gasteiger partial charge in [-0.15, -0.1) is 0 Å². The van der Waals surface area contributed by atoms with Crippen LogP contribution >= 0.6 is 0 Å². The highest BCUT2D eigenvalue weighted by Gasteiger charge is 2.28. The Kier molecular flexibility index (Phi) is 1.94. The lowest BCUT2D eigenvalue weighted by Crippen LogP contribution is -2.32. The molecular formula is C10H15N3. The van der Waals surface area contributed by atoms with Crippen LogP contribution in [0.2, 0.25) is 0 Å². The van der Waals surface area contributed by atoms with Crippen LogP contribution in [0.1, 0.15) is 13.8 Å². The Balaban J connectivity index is 2.20. The molecule has 2 aliphatic heterocycles. The van der Waals surface area contributed by atoms with Gasteiger partial charge in [0.05, 0.1) is 6.04 Å². The molecule has 0 aromatic carbocycles. The number of hydrogen-bond acceptors (Lipinski definition) is 3. The molecule has 0 spiro atoms. The summed E-state index contributed by atoms with van der Waals surface area (Å²) in [6.45, 7) is 4.33. The van der Waals surface area contributed by atoms with Crippen LogP contribution in [0, 0.1) is 11.8 Å². The Morgan fingerprint density at radius 1 is 1.38 bits per heavy atom. The fourth-order valence-corrected chi connectivity index (χ4v) is 1.68. The summed E-state index contributed by atoms with van der Waals surface area (Å²) in [5, 5.41) is 6.21. The molecule has 2 unspecified atom stereocenters.